The summed E-state index contributed by atoms with van der Waals surface area (Å²) in [5.74, 6) is -0.0736. The lowest BCUT2D eigenvalue weighted by molar-refractivity contribution is -0.133. The number of benzene rings is 1. The normalized spacial score (nSPS) is 15.2. The summed E-state index contributed by atoms with van der Waals surface area (Å²) in [6.45, 7) is 4.97. The number of nitrogens with two attached hydrogens (primary N) is 1. The number of likely N-dealkylation sites (tertiary alicyclic amines) is 1. The molecule has 1 fully saturated rings. The van der Waals surface area contributed by atoms with E-state index in [1.54, 1.807) is 23.2 Å². The number of carbonyl (C=O) groups is 2. The fourth-order valence-electron chi connectivity index (χ4n) is 4.42. The molecule has 176 valence electrons. The smallest absolute Gasteiger partial charge is 0.413 e. The third kappa shape index (κ3) is 3.40. The topological polar surface area (TPSA) is 134 Å². The molecule has 34 heavy (non-hydrogen) atoms. The highest BCUT2D eigenvalue weighted by atomic mass is 19.1. The number of anilines is 3. The number of aromatic nitrogens is 2. The quantitative estimate of drug-likeness (QED) is 0.502. The Bertz CT molecular complexity index is 1340. The van der Waals surface area contributed by atoms with Crippen molar-refractivity contribution in [2.45, 2.75) is 19.9 Å². The fraction of sp³-hybridized carbons (Fsp3) is 0.304. The molecule has 2 aliphatic heterocycles. The maximum Gasteiger partial charge on any atom is 0.413 e. The molecule has 5 rings (SSSR count). The molecular formula is C23H23FN6O4. The minimum Gasteiger partial charge on any atom is -0.474 e. The first-order valence-electron chi connectivity index (χ1n) is 10.8. The Morgan fingerprint density at radius 1 is 1.26 bits per heavy atom. The first-order chi connectivity index (χ1) is 16.3. The van der Waals surface area contributed by atoms with E-state index < -0.39 is 18.0 Å². The zero-order chi connectivity index (χ0) is 24.1. The lowest BCUT2D eigenvalue weighted by Gasteiger charge is -2.43. The Labute approximate surface area is 194 Å². The molecule has 4 N–H and O–H groups in total. The number of hydrogen-bond donors (Lipinski definition) is 3. The minimum absolute atomic E-state index is 0.0823. The van der Waals surface area contributed by atoms with Crippen molar-refractivity contribution in [3.63, 3.8) is 0 Å². The molecule has 0 atom stereocenters. The van der Waals surface area contributed by atoms with Gasteiger partial charge in [-0.2, -0.15) is 0 Å². The highest BCUT2D eigenvalue weighted by molar-refractivity contribution is 6.00. The third-order valence-electron chi connectivity index (χ3n) is 6.35. The van der Waals surface area contributed by atoms with E-state index in [0.717, 1.165) is 10.5 Å². The molecule has 10 nitrogen and oxygen atoms in total. The molecule has 3 aromatic rings. The molecule has 0 radical (unpaired) electrons. The van der Waals surface area contributed by atoms with Gasteiger partial charge in [-0.15, -0.1) is 0 Å². The van der Waals surface area contributed by atoms with Crippen molar-refractivity contribution < 1.29 is 23.8 Å². The number of amides is 2. The Hall–Kier alpha value is -4.15. The van der Waals surface area contributed by atoms with Crippen molar-refractivity contribution in [3.8, 4) is 17.0 Å². The van der Waals surface area contributed by atoms with Crippen LogP contribution in [0.2, 0.25) is 0 Å². The maximum atomic E-state index is 15.4. The van der Waals surface area contributed by atoms with Crippen LogP contribution in [0.25, 0.3) is 21.9 Å². The molecule has 11 heteroatoms. The van der Waals surface area contributed by atoms with E-state index in [9.17, 15) is 14.7 Å². The van der Waals surface area contributed by atoms with Crippen molar-refractivity contribution in [1.82, 2.24) is 14.9 Å². The van der Waals surface area contributed by atoms with Gasteiger partial charge in [-0.3, -0.25) is 9.69 Å². The summed E-state index contributed by atoms with van der Waals surface area (Å²) in [4.78, 5) is 34.8. The van der Waals surface area contributed by atoms with E-state index in [1.165, 1.54) is 13.1 Å². The van der Waals surface area contributed by atoms with Gasteiger partial charge in [0.1, 0.15) is 18.1 Å². The van der Waals surface area contributed by atoms with E-state index in [1.807, 2.05) is 6.92 Å². The van der Waals surface area contributed by atoms with Crippen LogP contribution in [0.4, 0.5) is 26.4 Å². The van der Waals surface area contributed by atoms with Crippen LogP contribution in [0.3, 0.4) is 0 Å². The lowest BCUT2D eigenvalue weighted by atomic mass is 9.97. The van der Waals surface area contributed by atoms with Crippen LogP contribution in [-0.2, 0) is 4.79 Å². The van der Waals surface area contributed by atoms with Crippen LogP contribution in [0.1, 0.15) is 12.5 Å². The standard InChI is InChI=1S/C23H23FN6O4/c1-11-16(7-28-22-21(11)26-3-4-34-22)15-5-13-6-18(27-8-17(13)20(25)19(15)24)30(23(32)33)14-9-29(10-14)12(2)31/h5-8,14,26H,3-4,9-10,25H2,1-2H3,(H,32,33). The zero-order valence-corrected chi connectivity index (χ0v) is 18.6. The van der Waals surface area contributed by atoms with Gasteiger partial charge in [0.2, 0.25) is 11.8 Å². The second kappa shape index (κ2) is 8.01. The number of rotatable bonds is 3. The molecule has 0 aliphatic carbocycles. The van der Waals surface area contributed by atoms with E-state index in [-0.39, 0.29) is 36.1 Å². The Morgan fingerprint density at radius 3 is 2.74 bits per heavy atom. The van der Waals surface area contributed by atoms with Crippen LogP contribution in [0.15, 0.2) is 24.5 Å². The molecule has 2 aromatic heterocycles. The SMILES string of the molecule is CC(=O)N1CC(N(C(=O)O)c2cc3cc(-c4cnc5c(c4C)NCCO5)c(F)c(N)c3cn2)C1. The van der Waals surface area contributed by atoms with E-state index in [2.05, 4.69) is 15.3 Å². The molecule has 4 heterocycles. The highest BCUT2D eigenvalue weighted by Gasteiger charge is 2.37. The van der Waals surface area contributed by atoms with Crippen LogP contribution >= 0.6 is 0 Å². The molecule has 0 unspecified atom stereocenters. The summed E-state index contributed by atoms with van der Waals surface area (Å²) in [5.41, 5.74) is 8.31. The predicted molar refractivity (Wildman–Crippen MR) is 125 cm³/mol. The number of carbonyl (C=O) groups excluding carboxylic acids is 1. The van der Waals surface area contributed by atoms with Crippen LogP contribution in [-0.4, -0.2) is 64.3 Å². The van der Waals surface area contributed by atoms with Gasteiger partial charge in [-0.25, -0.2) is 19.2 Å². The summed E-state index contributed by atoms with van der Waals surface area (Å²) in [6.07, 6.45) is 1.73. The molecule has 0 saturated carbocycles. The van der Waals surface area contributed by atoms with Gasteiger partial charge in [0, 0.05) is 55.5 Å². The molecule has 1 aromatic carbocycles. The van der Waals surface area contributed by atoms with Crippen molar-refractivity contribution in [2.75, 3.05) is 42.2 Å². The monoisotopic (exact) mass is 466 g/mol. The summed E-state index contributed by atoms with van der Waals surface area (Å²) >= 11 is 0. The van der Waals surface area contributed by atoms with Gasteiger partial charge in [-0.05, 0) is 30.0 Å². The first kappa shape index (κ1) is 21.7. The summed E-state index contributed by atoms with van der Waals surface area (Å²) in [6, 6.07) is 2.78. The third-order valence-corrected chi connectivity index (χ3v) is 6.35. The largest absolute Gasteiger partial charge is 0.474 e. The molecule has 1 saturated heterocycles. The number of pyridine rings is 2. The van der Waals surface area contributed by atoms with Crippen molar-refractivity contribution >= 4 is 40.0 Å². The number of nitrogens with one attached hydrogen (secondary N) is 1. The van der Waals surface area contributed by atoms with E-state index in [0.29, 0.717) is 41.1 Å². The first-order valence-corrected chi connectivity index (χ1v) is 10.8. The van der Waals surface area contributed by atoms with Gasteiger partial charge < -0.3 is 25.8 Å². The Kier molecular flexibility index (Phi) is 5.11. The molecule has 0 spiro atoms. The minimum atomic E-state index is -1.18. The average Bonchev–Trinajstić information content (AvgIpc) is 2.78. The zero-order valence-electron chi connectivity index (χ0n) is 18.6. The molecule has 0 bridgehead atoms. The summed E-state index contributed by atoms with van der Waals surface area (Å²) in [7, 11) is 0. The Morgan fingerprint density at radius 2 is 2.03 bits per heavy atom. The van der Waals surface area contributed by atoms with Crippen LogP contribution < -0.4 is 20.7 Å². The molecule has 2 amide bonds. The average molecular weight is 466 g/mol. The number of ether oxygens (including phenoxy) is 1. The Balaban J connectivity index is 1.59. The number of hydrogen-bond acceptors (Lipinski definition) is 7. The van der Waals surface area contributed by atoms with Gasteiger partial charge in [0.15, 0.2) is 5.82 Å². The van der Waals surface area contributed by atoms with Gasteiger partial charge >= 0.3 is 6.09 Å². The number of nitrogen functional groups attached to an aromatic ring is 1. The van der Waals surface area contributed by atoms with Gasteiger partial charge in [0.05, 0.1) is 11.7 Å². The number of halogens is 1. The van der Waals surface area contributed by atoms with E-state index >= 15 is 4.39 Å². The van der Waals surface area contributed by atoms with Gasteiger partial charge in [-0.1, -0.05) is 0 Å². The number of nitrogens with zero attached hydrogens (tertiary/aromatic N) is 4. The highest BCUT2D eigenvalue weighted by Crippen LogP contribution is 2.40. The lowest BCUT2D eigenvalue weighted by Crippen LogP contribution is -2.62. The predicted octanol–water partition coefficient (Wildman–Crippen LogP) is 2.85. The van der Waals surface area contributed by atoms with Crippen LogP contribution in [0.5, 0.6) is 5.88 Å². The van der Waals surface area contributed by atoms with Crippen LogP contribution in [0, 0.1) is 12.7 Å². The van der Waals surface area contributed by atoms with Crippen molar-refractivity contribution in [2.24, 2.45) is 0 Å². The number of fused-ring (bicyclic) bond motifs is 2. The second-order valence-corrected chi connectivity index (χ2v) is 8.40. The van der Waals surface area contributed by atoms with Gasteiger partial charge in [0.25, 0.3) is 0 Å². The summed E-state index contributed by atoms with van der Waals surface area (Å²) < 4.78 is 20.9. The summed E-state index contributed by atoms with van der Waals surface area (Å²) in [5, 5.41) is 14.0. The fourth-order valence-corrected chi connectivity index (χ4v) is 4.42. The van der Waals surface area contributed by atoms with Crippen molar-refractivity contribution in [3.05, 3.63) is 35.9 Å². The maximum absolute atomic E-state index is 15.4. The molecular weight excluding hydrogens is 443 g/mol. The van der Waals surface area contributed by atoms with E-state index in [4.69, 9.17) is 10.5 Å². The number of carboxylic acid groups (broad SMARTS) is 1. The second-order valence-electron chi connectivity index (χ2n) is 8.40. The van der Waals surface area contributed by atoms with Crippen molar-refractivity contribution in [1.29, 1.82) is 0 Å². The molecule has 2 aliphatic rings.